The number of benzene rings is 1. The number of nitrogens with one attached hydrogen (secondary N) is 1. The van der Waals surface area contributed by atoms with E-state index in [2.05, 4.69) is 24.4 Å². The number of hydrogen-bond donors (Lipinski definition) is 1. The maximum absolute atomic E-state index is 5.75. The molecule has 1 atom stereocenters. The first-order valence-electron chi connectivity index (χ1n) is 7.99. The molecule has 1 aliphatic carbocycles. The molecule has 110 valence electrons. The minimum absolute atomic E-state index is 0.528. The molecule has 3 heteroatoms. The predicted octanol–water partition coefficient (Wildman–Crippen LogP) is 4.23. The fourth-order valence-electron chi connectivity index (χ4n) is 3.27. The van der Waals surface area contributed by atoms with Gasteiger partial charge >= 0.3 is 0 Å². The third-order valence-electron chi connectivity index (χ3n) is 4.50. The summed E-state index contributed by atoms with van der Waals surface area (Å²) < 4.78 is 11.4. The highest BCUT2D eigenvalue weighted by atomic mass is 16.5. The summed E-state index contributed by atoms with van der Waals surface area (Å²) >= 11 is 0. The number of ether oxygens (including phenoxy) is 2. The molecule has 0 aromatic heterocycles. The van der Waals surface area contributed by atoms with Crippen molar-refractivity contribution in [3.8, 4) is 11.5 Å². The van der Waals surface area contributed by atoms with Crippen LogP contribution in [0.2, 0.25) is 0 Å². The molecule has 0 spiro atoms. The van der Waals surface area contributed by atoms with E-state index in [-0.39, 0.29) is 0 Å². The van der Waals surface area contributed by atoms with Gasteiger partial charge in [-0.3, -0.25) is 0 Å². The molecule has 1 fully saturated rings. The zero-order chi connectivity index (χ0) is 13.8. The van der Waals surface area contributed by atoms with Gasteiger partial charge in [0.25, 0.3) is 0 Å². The van der Waals surface area contributed by atoms with Gasteiger partial charge in [-0.1, -0.05) is 19.3 Å². The van der Waals surface area contributed by atoms with E-state index in [0.29, 0.717) is 6.04 Å². The molecule has 0 saturated heterocycles. The van der Waals surface area contributed by atoms with E-state index in [0.717, 1.165) is 42.7 Å². The van der Waals surface area contributed by atoms with Crippen molar-refractivity contribution < 1.29 is 9.47 Å². The van der Waals surface area contributed by atoms with Crippen LogP contribution in [-0.2, 0) is 0 Å². The monoisotopic (exact) mass is 275 g/mol. The molecule has 3 rings (SSSR count). The molecule has 0 amide bonds. The highest BCUT2D eigenvalue weighted by Crippen LogP contribution is 2.34. The van der Waals surface area contributed by atoms with E-state index < -0.39 is 0 Å². The minimum Gasteiger partial charge on any atom is -0.490 e. The van der Waals surface area contributed by atoms with Crippen LogP contribution in [0.1, 0.15) is 45.4 Å². The summed E-state index contributed by atoms with van der Waals surface area (Å²) in [6, 6.07) is 6.74. The SMILES string of the molecule is CC(Nc1ccc2c(c1)OCCCO2)C1CCCCC1. The van der Waals surface area contributed by atoms with Crippen molar-refractivity contribution in [2.45, 2.75) is 51.5 Å². The number of hydrogen-bond acceptors (Lipinski definition) is 3. The zero-order valence-corrected chi connectivity index (χ0v) is 12.4. The summed E-state index contributed by atoms with van der Waals surface area (Å²) in [5.74, 6) is 2.56. The van der Waals surface area contributed by atoms with Crippen molar-refractivity contribution in [2.75, 3.05) is 18.5 Å². The van der Waals surface area contributed by atoms with Crippen molar-refractivity contribution >= 4 is 5.69 Å². The molecule has 0 radical (unpaired) electrons. The fourth-order valence-corrected chi connectivity index (χ4v) is 3.27. The lowest BCUT2D eigenvalue weighted by atomic mass is 9.84. The van der Waals surface area contributed by atoms with Gasteiger partial charge in [-0.05, 0) is 37.8 Å². The number of anilines is 1. The van der Waals surface area contributed by atoms with Crippen LogP contribution in [0.3, 0.4) is 0 Å². The maximum atomic E-state index is 5.75. The normalized spacial score (nSPS) is 21.1. The van der Waals surface area contributed by atoms with Gasteiger partial charge in [0.1, 0.15) is 0 Å². The highest BCUT2D eigenvalue weighted by Gasteiger charge is 2.20. The summed E-state index contributed by atoms with van der Waals surface area (Å²) in [6.07, 6.45) is 7.86. The molecule has 1 aromatic rings. The largest absolute Gasteiger partial charge is 0.490 e. The molecule has 1 saturated carbocycles. The fraction of sp³-hybridized carbons (Fsp3) is 0.647. The second-order valence-corrected chi connectivity index (χ2v) is 6.04. The second kappa shape index (κ2) is 6.38. The Balaban J connectivity index is 1.66. The molecular weight excluding hydrogens is 250 g/mol. The van der Waals surface area contributed by atoms with E-state index in [4.69, 9.17) is 9.47 Å². The van der Waals surface area contributed by atoms with Gasteiger partial charge in [-0.15, -0.1) is 0 Å². The molecule has 1 N–H and O–H groups in total. The van der Waals surface area contributed by atoms with Gasteiger partial charge < -0.3 is 14.8 Å². The van der Waals surface area contributed by atoms with Gasteiger partial charge in [0, 0.05) is 24.2 Å². The lowest BCUT2D eigenvalue weighted by molar-refractivity contribution is 0.297. The van der Waals surface area contributed by atoms with E-state index in [1.54, 1.807) is 0 Å². The van der Waals surface area contributed by atoms with Crippen LogP contribution >= 0.6 is 0 Å². The van der Waals surface area contributed by atoms with Gasteiger partial charge in [0.05, 0.1) is 13.2 Å². The lowest BCUT2D eigenvalue weighted by Crippen LogP contribution is -2.27. The standard InChI is InChI=1S/C17H25NO2/c1-13(14-6-3-2-4-7-14)18-15-8-9-16-17(12-15)20-11-5-10-19-16/h8-9,12-14,18H,2-7,10-11H2,1H3. The average molecular weight is 275 g/mol. The molecule has 1 aliphatic heterocycles. The topological polar surface area (TPSA) is 30.5 Å². The lowest BCUT2D eigenvalue weighted by Gasteiger charge is -2.29. The molecule has 1 unspecified atom stereocenters. The summed E-state index contributed by atoms with van der Waals surface area (Å²) in [6.45, 7) is 3.80. The van der Waals surface area contributed by atoms with Crippen LogP contribution in [0.15, 0.2) is 18.2 Å². The Morgan fingerprint density at radius 2 is 1.75 bits per heavy atom. The molecule has 0 bridgehead atoms. The smallest absolute Gasteiger partial charge is 0.163 e. The van der Waals surface area contributed by atoms with Crippen LogP contribution in [0, 0.1) is 5.92 Å². The predicted molar refractivity (Wildman–Crippen MR) is 81.7 cm³/mol. The van der Waals surface area contributed by atoms with Crippen molar-refractivity contribution in [1.82, 2.24) is 0 Å². The Morgan fingerprint density at radius 1 is 1.00 bits per heavy atom. The van der Waals surface area contributed by atoms with Crippen LogP contribution < -0.4 is 14.8 Å². The molecular formula is C17H25NO2. The van der Waals surface area contributed by atoms with E-state index in [1.165, 1.54) is 32.1 Å². The number of fused-ring (bicyclic) bond motifs is 1. The van der Waals surface area contributed by atoms with E-state index >= 15 is 0 Å². The maximum Gasteiger partial charge on any atom is 0.163 e. The Bertz CT molecular complexity index is 441. The molecule has 2 aliphatic rings. The Hall–Kier alpha value is -1.38. The summed E-state index contributed by atoms with van der Waals surface area (Å²) in [4.78, 5) is 0. The Labute approximate surface area is 121 Å². The summed E-state index contributed by atoms with van der Waals surface area (Å²) in [5.41, 5.74) is 1.15. The molecule has 3 nitrogen and oxygen atoms in total. The summed E-state index contributed by atoms with van der Waals surface area (Å²) in [5, 5.41) is 3.65. The Kier molecular flexibility index (Phi) is 4.34. The quantitative estimate of drug-likeness (QED) is 0.895. The average Bonchev–Trinajstić information content (AvgIpc) is 2.73. The van der Waals surface area contributed by atoms with Crippen LogP contribution in [0.25, 0.3) is 0 Å². The van der Waals surface area contributed by atoms with Crippen LogP contribution in [0.5, 0.6) is 11.5 Å². The number of rotatable bonds is 3. The van der Waals surface area contributed by atoms with Crippen LogP contribution in [0.4, 0.5) is 5.69 Å². The summed E-state index contributed by atoms with van der Waals surface area (Å²) in [7, 11) is 0. The van der Waals surface area contributed by atoms with Crippen molar-refractivity contribution in [3.63, 3.8) is 0 Å². The second-order valence-electron chi connectivity index (χ2n) is 6.04. The van der Waals surface area contributed by atoms with Crippen molar-refractivity contribution in [3.05, 3.63) is 18.2 Å². The van der Waals surface area contributed by atoms with Crippen molar-refractivity contribution in [2.24, 2.45) is 5.92 Å². The van der Waals surface area contributed by atoms with Gasteiger partial charge in [0.15, 0.2) is 11.5 Å². The zero-order valence-electron chi connectivity index (χ0n) is 12.4. The van der Waals surface area contributed by atoms with Gasteiger partial charge in [-0.25, -0.2) is 0 Å². The Morgan fingerprint density at radius 3 is 2.55 bits per heavy atom. The molecule has 1 heterocycles. The minimum atomic E-state index is 0.528. The molecule has 1 aromatic carbocycles. The van der Waals surface area contributed by atoms with E-state index in [1.807, 2.05) is 6.07 Å². The highest BCUT2D eigenvalue weighted by molar-refractivity contribution is 5.55. The first kappa shape index (κ1) is 13.6. The van der Waals surface area contributed by atoms with Crippen molar-refractivity contribution in [1.29, 1.82) is 0 Å². The first-order chi connectivity index (χ1) is 9.83. The van der Waals surface area contributed by atoms with E-state index in [9.17, 15) is 0 Å². The van der Waals surface area contributed by atoms with Gasteiger partial charge in [-0.2, -0.15) is 0 Å². The molecule has 20 heavy (non-hydrogen) atoms. The van der Waals surface area contributed by atoms with Gasteiger partial charge in [0.2, 0.25) is 0 Å². The third kappa shape index (κ3) is 3.20. The third-order valence-corrected chi connectivity index (χ3v) is 4.50. The first-order valence-corrected chi connectivity index (χ1v) is 7.99. The van der Waals surface area contributed by atoms with Crippen LogP contribution in [-0.4, -0.2) is 19.3 Å².